The van der Waals surface area contributed by atoms with Gasteiger partial charge in [-0.1, -0.05) is 15.9 Å². The molecule has 1 aromatic carbocycles. The minimum Gasteiger partial charge on any atom is -0.268 e. The number of hydrogen-bond donors (Lipinski definition) is 0. The Morgan fingerprint density at radius 3 is 2.75 bits per heavy atom. The number of nitriles is 1. The van der Waals surface area contributed by atoms with Gasteiger partial charge in [0.25, 0.3) is 0 Å². The summed E-state index contributed by atoms with van der Waals surface area (Å²) < 4.78 is 2.83. The van der Waals surface area contributed by atoms with Crippen molar-refractivity contribution in [3.8, 4) is 6.07 Å². The van der Waals surface area contributed by atoms with Crippen LogP contribution in [-0.4, -0.2) is 9.78 Å². The van der Waals surface area contributed by atoms with Crippen LogP contribution < -0.4 is 0 Å². The van der Waals surface area contributed by atoms with Gasteiger partial charge < -0.3 is 0 Å². The molecule has 0 saturated carbocycles. The molecule has 0 aliphatic rings. The smallest absolute Gasteiger partial charge is 0.0962 e. The molecule has 0 aliphatic carbocycles. The normalized spacial score (nSPS) is 11.7. The van der Waals surface area contributed by atoms with E-state index in [1.165, 1.54) is 0 Å². The third-order valence-corrected chi connectivity index (χ3v) is 3.18. The first-order chi connectivity index (χ1) is 7.45. The van der Waals surface area contributed by atoms with Crippen LogP contribution >= 0.6 is 15.9 Å². The van der Waals surface area contributed by atoms with E-state index in [4.69, 9.17) is 5.26 Å². The van der Waals surface area contributed by atoms with E-state index in [1.54, 1.807) is 0 Å². The molecule has 0 bridgehead atoms. The van der Waals surface area contributed by atoms with Gasteiger partial charge in [-0.15, -0.1) is 0 Å². The van der Waals surface area contributed by atoms with Crippen molar-refractivity contribution in [1.82, 2.24) is 9.78 Å². The maximum absolute atomic E-state index is 9.16. The van der Waals surface area contributed by atoms with Gasteiger partial charge in [-0.05, 0) is 32.0 Å². The van der Waals surface area contributed by atoms with Crippen LogP contribution in [0.1, 0.15) is 19.5 Å². The maximum Gasteiger partial charge on any atom is 0.0962 e. The average molecular weight is 278 g/mol. The first-order valence-corrected chi connectivity index (χ1v) is 5.79. The van der Waals surface area contributed by atoms with E-state index in [0.29, 0.717) is 0 Å². The molecule has 0 N–H and O–H groups in total. The van der Waals surface area contributed by atoms with Gasteiger partial charge >= 0.3 is 0 Å². The molecule has 0 radical (unpaired) electrons. The molecular weight excluding hydrogens is 266 g/mol. The second kappa shape index (κ2) is 3.60. The van der Waals surface area contributed by atoms with Crippen molar-refractivity contribution in [3.63, 3.8) is 0 Å². The van der Waals surface area contributed by atoms with Crippen LogP contribution in [0, 0.1) is 11.3 Å². The monoisotopic (exact) mass is 277 g/mol. The Labute approximate surface area is 103 Å². The van der Waals surface area contributed by atoms with Crippen LogP contribution in [0.25, 0.3) is 10.9 Å². The molecular formula is C12H12BrN3. The molecule has 82 valence electrons. The van der Waals surface area contributed by atoms with Crippen LogP contribution in [0.5, 0.6) is 0 Å². The first kappa shape index (κ1) is 11.2. The van der Waals surface area contributed by atoms with E-state index in [2.05, 4.69) is 27.1 Å². The van der Waals surface area contributed by atoms with Gasteiger partial charge in [-0.3, -0.25) is 4.68 Å². The molecule has 3 nitrogen and oxygen atoms in total. The first-order valence-electron chi connectivity index (χ1n) is 5.00. The Balaban J connectivity index is 2.80. The van der Waals surface area contributed by atoms with E-state index < -0.39 is 5.41 Å². The lowest BCUT2D eigenvalue weighted by Gasteiger charge is -2.11. The highest BCUT2D eigenvalue weighted by molar-refractivity contribution is 9.10. The third kappa shape index (κ3) is 1.61. The van der Waals surface area contributed by atoms with Gasteiger partial charge in [0.1, 0.15) is 0 Å². The van der Waals surface area contributed by atoms with Crippen molar-refractivity contribution < 1.29 is 0 Å². The molecule has 0 aliphatic heterocycles. The highest BCUT2D eigenvalue weighted by Crippen LogP contribution is 2.30. The van der Waals surface area contributed by atoms with Crippen molar-refractivity contribution in [2.75, 3.05) is 0 Å². The molecule has 2 rings (SSSR count). The second-order valence-electron chi connectivity index (χ2n) is 4.37. The number of fused-ring (bicyclic) bond motifs is 1. The van der Waals surface area contributed by atoms with E-state index in [0.717, 1.165) is 21.1 Å². The number of aryl methyl sites for hydroxylation is 1. The van der Waals surface area contributed by atoms with Crippen molar-refractivity contribution in [1.29, 1.82) is 5.26 Å². The lowest BCUT2D eigenvalue weighted by Crippen LogP contribution is -2.15. The predicted molar refractivity (Wildman–Crippen MR) is 67.1 cm³/mol. The molecule has 0 unspecified atom stereocenters. The van der Waals surface area contributed by atoms with Crippen LogP contribution in [0.2, 0.25) is 0 Å². The Morgan fingerprint density at radius 2 is 2.12 bits per heavy atom. The van der Waals surface area contributed by atoms with Crippen molar-refractivity contribution in [2.45, 2.75) is 19.3 Å². The second-order valence-corrected chi connectivity index (χ2v) is 5.29. The number of rotatable bonds is 1. The number of benzene rings is 1. The molecule has 1 aromatic heterocycles. The summed E-state index contributed by atoms with van der Waals surface area (Å²) in [6.07, 6.45) is 0. The van der Waals surface area contributed by atoms with Gasteiger partial charge in [0.05, 0.1) is 22.7 Å². The Morgan fingerprint density at radius 1 is 1.44 bits per heavy atom. The summed E-state index contributed by atoms with van der Waals surface area (Å²) in [7, 11) is 1.89. The minimum atomic E-state index is -0.562. The van der Waals surface area contributed by atoms with Crippen molar-refractivity contribution in [3.05, 3.63) is 28.4 Å². The van der Waals surface area contributed by atoms with Crippen LogP contribution in [0.15, 0.2) is 22.7 Å². The minimum absolute atomic E-state index is 0.562. The molecule has 0 atom stereocenters. The number of nitrogens with zero attached hydrogens (tertiary/aromatic N) is 3. The Bertz CT molecular complexity index is 590. The highest BCUT2D eigenvalue weighted by Gasteiger charge is 2.26. The largest absolute Gasteiger partial charge is 0.268 e. The number of hydrogen-bond acceptors (Lipinski definition) is 2. The summed E-state index contributed by atoms with van der Waals surface area (Å²) >= 11 is 3.44. The molecule has 4 heteroatoms. The summed E-state index contributed by atoms with van der Waals surface area (Å²) in [6.45, 7) is 3.77. The zero-order valence-electron chi connectivity index (χ0n) is 9.45. The van der Waals surface area contributed by atoms with E-state index in [1.807, 2.05) is 43.8 Å². The fraction of sp³-hybridized carbons (Fsp3) is 0.333. The predicted octanol–water partition coefficient (Wildman–Crippen LogP) is 3.14. The lowest BCUT2D eigenvalue weighted by atomic mass is 9.89. The molecule has 0 amide bonds. The molecule has 0 saturated heterocycles. The zero-order chi connectivity index (χ0) is 11.9. The van der Waals surface area contributed by atoms with Crippen molar-refractivity contribution in [2.24, 2.45) is 7.05 Å². The lowest BCUT2D eigenvalue weighted by molar-refractivity contribution is 0.634. The maximum atomic E-state index is 9.16. The average Bonchev–Trinajstić information content (AvgIpc) is 2.57. The molecule has 16 heavy (non-hydrogen) atoms. The summed E-state index contributed by atoms with van der Waals surface area (Å²) in [5.74, 6) is 0. The fourth-order valence-electron chi connectivity index (χ4n) is 1.75. The number of halogens is 1. The Kier molecular flexibility index (Phi) is 2.51. The van der Waals surface area contributed by atoms with Gasteiger partial charge in [-0.25, -0.2) is 0 Å². The quantitative estimate of drug-likeness (QED) is 0.804. The highest BCUT2D eigenvalue weighted by atomic mass is 79.9. The summed E-state index contributed by atoms with van der Waals surface area (Å²) in [5.41, 5.74) is 1.31. The Hall–Kier alpha value is -1.34. The molecule has 0 fully saturated rings. The van der Waals surface area contributed by atoms with Gasteiger partial charge in [0.15, 0.2) is 0 Å². The van der Waals surface area contributed by atoms with Gasteiger partial charge in [0.2, 0.25) is 0 Å². The molecule has 2 aromatic rings. The van der Waals surface area contributed by atoms with E-state index in [9.17, 15) is 0 Å². The SMILES string of the molecule is Cn1nc(C(C)(C)C#N)c2ccc(Br)cc21. The fourth-order valence-corrected chi connectivity index (χ4v) is 2.09. The van der Waals surface area contributed by atoms with E-state index >= 15 is 0 Å². The van der Waals surface area contributed by atoms with Gasteiger partial charge in [-0.2, -0.15) is 10.4 Å². The standard InChI is InChI=1S/C12H12BrN3/c1-12(2,7-14)11-9-5-4-8(13)6-10(9)16(3)15-11/h4-6H,1-3H3. The third-order valence-electron chi connectivity index (χ3n) is 2.69. The number of aromatic nitrogens is 2. The van der Waals surface area contributed by atoms with E-state index in [-0.39, 0.29) is 0 Å². The summed E-state index contributed by atoms with van der Waals surface area (Å²) in [4.78, 5) is 0. The zero-order valence-corrected chi connectivity index (χ0v) is 11.0. The van der Waals surface area contributed by atoms with Crippen LogP contribution in [0.4, 0.5) is 0 Å². The van der Waals surface area contributed by atoms with Crippen molar-refractivity contribution >= 4 is 26.8 Å². The van der Waals surface area contributed by atoms with Crippen LogP contribution in [0.3, 0.4) is 0 Å². The summed E-state index contributed by atoms with van der Waals surface area (Å²) in [6, 6.07) is 8.28. The molecule has 0 spiro atoms. The van der Waals surface area contributed by atoms with Crippen LogP contribution in [-0.2, 0) is 12.5 Å². The topological polar surface area (TPSA) is 41.6 Å². The molecule has 1 heterocycles. The summed E-state index contributed by atoms with van der Waals surface area (Å²) in [5, 5.41) is 14.6. The van der Waals surface area contributed by atoms with Gasteiger partial charge in [0, 0.05) is 16.9 Å².